The van der Waals surface area contributed by atoms with E-state index in [2.05, 4.69) is 0 Å². The summed E-state index contributed by atoms with van der Waals surface area (Å²) in [6.45, 7) is 0. The van der Waals surface area contributed by atoms with Crippen molar-refractivity contribution in [1.29, 1.82) is 0 Å². The van der Waals surface area contributed by atoms with Crippen LogP contribution in [0.1, 0.15) is 27.1 Å². The van der Waals surface area contributed by atoms with Crippen LogP contribution in [0.3, 0.4) is 0 Å². The van der Waals surface area contributed by atoms with Crippen molar-refractivity contribution in [3.8, 4) is 17.2 Å². The lowest BCUT2D eigenvalue weighted by molar-refractivity contribution is -0.385. The molecule has 2 rings (SSSR count). The number of para-hydroxylation sites is 1. The lowest BCUT2D eigenvalue weighted by Gasteiger charge is -2.10. The number of rotatable bonds is 7. The number of carbonyl (C=O) groups is 2. The smallest absolute Gasteiger partial charge is 0.315 e. The van der Waals surface area contributed by atoms with Gasteiger partial charge in [0.25, 0.3) is 0 Å². The fraction of sp³-hybridized carbons (Fsp3) is 0.176. The van der Waals surface area contributed by atoms with Gasteiger partial charge in [0.15, 0.2) is 17.3 Å². The molecule has 0 atom stereocenters. The third kappa shape index (κ3) is 3.74. The van der Waals surface area contributed by atoms with E-state index in [-0.39, 0.29) is 28.4 Å². The van der Waals surface area contributed by atoms with E-state index in [1.165, 1.54) is 32.4 Å². The van der Waals surface area contributed by atoms with Gasteiger partial charge in [-0.25, -0.2) is 0 Å². The van der Waals surface area contributed by atoms with E-state index in [4.69, 9.17) is 9.47 Å². The SMILES string of the molecule is COc1cc(C(=O)CC(=O)c2ccccc2O)cc([N+](=O)[O-])c1OC. The molecule has 0 unspecified atom stereocenters. The molecule has 0 fully saturated rings. The monoisotopic (exact) mass is 345 g/mol. The van der Waals surface area contributed by atoms with Crippen LogP contribution in [0.4, 0.5) is 5.69 Å². The zero-order valence-corrected chi connectivity index (χ0v) is 13.5. The number of Topliss-reactive ketones (excluding diaryl/α,β-unsaturated/α-hetero) is 2. The summed E-state index contributed by atoms with van der Waals surface area (Å²) in [5, 5.41) is 20.8. The molecule has 0 saturated carbocycles. The molecule has 0 aliphatic heterocycles. The van der Waals surface area contributed by atoms with Gasteiger partial charge in [0.05, 0.1) is 31.1 Å². The molecular formula is C17H15NO7. The molecule has 25 heavy (non-hydrogen) atoms. The number of carbonyl (C=O) groups excluding carboxylic acids is 2. The quantitative estimate of drug-likeness (QED) is 0.355. The van der Waals surface area contributed by atoms with Crippen molar-refractivity contribution in [2.24, 2.45) is 0 Å². The Hall–Kier alpha value is -3.42. The van der Waals surface area contributed by atoms with Gasteiger partial charge in [-0.15, -0.1) is 0 Å². The molecule has 1 N–H and O–H groups in total. The second-order valence-electron chi connectivity index (χ2n) is 5.03. The lowest BCUT2D eigenvalue weighted by atomic mass is 10.00. The summed E-state index contributed by atoms with van der Waals surface area (Å²) < 4.78 is 9.97. The van der Waals surface area contributed by atoms with Gasteiger partial charge < -0.3 is 14.6 Å². The van der Waals surface area contributed by atoms with Gasteiger partial charge in [0.2, 0.25) is 5.75 Å². The van der Waals surface area contributed by atoms with Crippen LogP contribution in [0.2, 0.25) is 0 Å². The van der Waals surface area contributed by atoms with Gasteiger partial charge in [0, 0.05) is 11.6 Å². The summed E-state index contributed by atoms with van der Waals surface area (Å²) in [6, 6.07) is 8.12. The van der Waals surface area contributed by atoms with Crippen LogP contribution in [0.25, 0.3) is 0 Å². The number of phenolic OH excluding ortho intramolecular Hbond substituents is 1. The highest BCUT2D eigenvalue weighted by molar-refractivity contribution is 6.14. The maximum absolute atomic E-state index is 12.4. The highest BCUT2D eigenvalue weighted by Gasteiger charge is 2.25. The normalized spacial score (nSPS) is 10.2. The van der Waals surface area contributed by atoms with E-state index in [0.29, 0.717) is 0 Å². The largest absolute Gasteiger partial charge is 0.507 e. The molecule has 0 radical (unpaired) electrons. The van der Waals surface area contributed by atoms with Crippen molar-refractivity contribution in [3.05, 3.63) is 57.6 Å². The minimum Gasteiger partial charge on any atom is -0.507 e. The third-order valence-corrected chi connectivity index (χ3v) is 3.50. The Morgan fingerprint density at radius 3 is 2.36 bits per heavy atom. The van der Waals surface area contributed by atoms with Gasteiger partial charge in [-0.3, -0.25) is 19.7 Å². The first-order valence-electron chi connectivity index (χ1n) is 7.13. The van der Waals surface area contributed by atoms with E-state index in [9.17, 15) is 24.8 Å². The first-order valence-corrected chi connectivity index (χ1v) is 7.13. The van der Waals surface area contributed by atoms with Crippen molar-refractivity contribution in [1.82, 2.24) is 0 Å². The van der Waals surface area contributed by atoms with Crippen molar-refractivity contribution < 1.29 is 29.1 Å². The number of ketones is 2. The average Bonchev–Trinajstić information content (AvgIpc) is 2.60. The number of methoxy groups -OCH3 is 2. The van der Waals surface area contributed by atoms with Crippen LogP contribution in [0, 0.1) is 10.1 Å². The number of aromatic hydroxyl groups is 1. The second kappa shape index (κ2) is 7.43. The molecule has 0 aliphatic carbocycles. The molecule has 0 heterocycles. The summed E-state index contributed by atoms with van der Waals surface area (Å²) in [4.78, 5) is 35.0. The summed E-state index contributed by atoms with van der Waals surface area (Å²) >= 11 is 0. The Bertz CT molecular complexity index is 845. The fourth-order valence-electron chi connectivity index (χ4n) is 2.29. The summed E-state index contributed by atoms with van der Waals surface area (Å²) in [5.74, 6) is -1.58. The van der Waals surface area contributed by atoms with Crippen molar-refractivity contribution >= 4 is 17.3 Å². The Morgan fingerprint density at radius 1 is 1.12 bits per heavy atom. The average molecular weight is 345 g/mol. The lowest BCUT2D eigenvalue weighted by Crippen LogP contribution is -2.10. The van der Waals surface area contributed by atoms with Gasteiger partial charge in [-0.05, 0) is 18.2 Å². The zero-order chi connectivity index (χ0) is 18.6. The van der Waals surface area contributed by atoms with Gasteiger partial charge in [0.1, 0.15) is 5.75 Å². The predicted octanol–water partition coefficient (Wildman–Crippen LogP) is 2.77. The molecule has 8 heteroatoms. The van der Waals surface area contributed by atoms with Crippen LogP contribution in [-0.2, 0) is 0 Å². The Kier molecular flexibility index (Phi) is 5.33. The topological polar surface area (TPSA) is 116 Å². The first kappa shape index (κ1) is 17.9. The number of benzene rings is 2. The molecule has 0 aromatic heterocycles. The molecular weight excluding hydrogens is 330 g/mol. The number of nitrogens with zero attached hydrogens (tertiary/aromatic N) is 1. The Labute approximate surface area is 142 Å². The van der Waals surface area contributed by atoms with Crippen LogP contribution < -0.4 is 9.47 Å². The van der Waals surface area contributed by atoms with Crippen LogP contribution in [-0.4, -0.2) is 35.8 Å². The summed E-state index contributed by atoms with van der Waals surface area (Å²) in [5.41, 5.74) is -0.501. The number of nitro groups is 1. The maximum Gasteiger partial charge on any atom is 0.315 e. The molecule has 0 saturated heterocycles. The number of phenols is 1. The predicted molar refractivity (Wildman–Crippen MR) is 87.6 cm³/mol. The maximum atomic E-state index is 12.4. The fourth-order valence-corrected chi connectivity index (χ4v) is 2.29. The number of hydrogen-bond acceptors (Lipinski definition) is 7. The Balaban J connectivity index is 2.36. The van der Waals surface area contributed by atoms with E-state index >= 15 is 0 Å². The highest BCUT2D eigenvalue weighted by atomic mass is 16.6. The number of ether oxygens (including phenoxy) is 2. The van der Waals surface area contributed by atoms with Crippen molar-refractivity contribution in [2.45, 2.75) is 6.42 Å². The minimum atomic E-state index is -0.705. The molecule has 8 nitrogen and oxygen atoms in total. The van der Waals surface area contributed by atoms with E-state index in [0.717, 1.165) is 6.07 Å². The highest BCUT2D eigenvalue weighted by Crippen LogP contribution is 2.38. The van der Waals surface area contributed by atoms with E-state index in [1.54, 1.807) is 12.1 Å². The van der Waals surface area contributed by atoms with E-state index < -0.39 is 28.6 Å². The van der Waals surface area contributed by atoms with Crippen molar-refractivity contribution in [2.75, 3.05) is 14.2 Å². The third-order valence-electron chi connectivity index (χ3n) is 3.50. The van der Waals surface area contributed by atoms with E-state index in [1.807, 2.05) is 0 Å². The molecule has 2 aromatic carbocycles. The van der Waals surface area contributed by atoms with Gasteiger partial charge in [-0.1, -0.05) is 12.1 Å². The van der Waals surface area contributed by atoms with Crippen LogP contribution in [0.5, 0.6) is 17.2 Å². The summed E-state index contributed by atoms with van der Waals surface area (Å²) in [6.07, 6.45) is -0.551. The Morgan fingerprint density at radius 2 is 1.80 bits per heavy atom. The number of hydrogen-bond donors (Lipinski definition) is 1. The molecule has 0 spiro atoms. The van der Waals surface area contributed by atoms with Gasteiger partial charge in [-0.2, -0.15) is 0 Å². The van der Waals surface area contributed by atoms with Gasteiger partial charge >= 0.3 is 5.69 Å². The summed E-state index contributed by atoms with van der Waals surface area (Å²) in [7, 11) is 2.52. The van der Waals surface area contributed by atoms with Crippen LogP contribution >= 0.6 is 0 Å². The zero-order valence-electron chi connectivity index (χ0n) is 13.5. The molecule has 130 valence electrons. The molecule has 0 aliphatic rings. The standard InChI is InChI=1S/C17H15NO7/c1-24-16-8-10(7-12(18(22)23)17(16)25-2)14(20)9-15(21)11-5-3-4-6-13(11)19/h3-8,19H,9H2,1-2H3. The van der Waals surface area contributed by atoms with Crippen LogP contribution in [0.15, 0.2) is 36.4 Å². The molecule has 0 bridgehead atoms. The second-order valence-corrected chi connectivity index (χ2v) is 5.03. The minimum absolute atomic E-state index is 0.00539. The van der Waals surface area contributed by atoms with Crippen molar-refractivity contribution in [3.63, 3.8) is 0 Å². The molecule has 2 aromatic rings. The number of nitro benzene ring substituents is 1. The first-order chi connectivity index (χ1) is 11.9. The molecule has 0 amide bonds.